The molecule has 0 bridgehead atoms. The van der Waals surface area contributed by atoms with Crippen molar-refractivity contribution in [3.63, 3.8) is 0 Å². The van der Waals surface area contributed by atoms with Crippen LogP contribution in [0.15, 0.2) is 34.9 Å². The van der Waals surface area contributed by atoms with E-state index in [1.807, 2.05) is 25.2 Å². The number of allylic oxidation sites excluding steroid dienone is 3. The number of aliphatic hydroxyl groups is 4. The molecule has 2 fully saturated rings. The van der Waals surface area contributed by atoms with Crippen LogP contribution in [-0.4, -0.2) is 131 Å². The number of aliphatic hydroxyl groups excluding tert-OH is 4. The maximum Gasteiger partial charge on any atom is 0.333 e. The SMILES string of the molecule is CCCCCCCCCCCCCCCCCC[C@H](C)C[C@H](C)[C@H](O)[C@H](C)C(=O)OCC1O[C@H](O[C@H]2OC(CO)[C@@H](OC(=O)/C(C)=C/[C@@H](C)C[C@@H](C)CCCCCCCCCCCCCCCC)C(O)[C@@H]2OC(=O)/C(C)=C/[C@@H](C)C[C@@H](C)CCCCCCCCCCCCCCCC)[C@H](OC(=O)CCCCCCCCCCCCCCC)C(OC(=O)/C(C)=C/[C@@H](C)C[C@@H](C)CCCCCCCCCCCCCCCC)[C@@H]1O. The number of carbonyl (C=O) groups excluding carboxylic acids is 5. The molecule has 20 atom stereocenters. The molecular formula is C130H242O17. The second-order valence-corrected chi connectivity index (χ2v) is 47.9. The Morgan fingerprint density at radius 1 is 0.286 bits per heavy atom. The van der Waals surface area contributed by atoms with Crippen LogP contribution in [0.1, 0.15) is 631 Å². The van der Waals surface area contributed by atoms with Gasteiger partial charge >= 0.3 is 29.8 Å². The maximum atomic E-state index is 15.1. The van der Waals surface area contributed by atoms with E-state index in [1.165, 1.54) is 385 Å². The van der Waals surface area contributed by atoms with Gasteiger partial charge in [-0.2, -0.15) is 0 Å². The maximum absolute atomic E-state index is 15.1. The summed E-state index contributed by atoms with van der Waals surface area (Å²) in [5.74, 6) is -3.89. The normalized spacial score (nSPS) is 20.6. The van der Waals surface area contributed by atoms with Crippen molar-refractivity contribution in [1.29, 1.82) is 0 Å². The Balaban J connectivity index is 2.71. The van der Waals surface area contributed by atoms with E-state index in [0.717, 1.165) is 109 Å². The molecule has 0 aromatic heterocycles. The zero-order chi connectivity index (χ0) is 108. The number of unbranched alkanes of at least 4 members (excludes halogenated alkanes) is 66. The number of ether oxygens (including phenoxy) is 8. The summed E-state index contributed by atoms with van der Waals surface area (Å²) in [5, 5.41) is 49.5. The number of hydrogen-bond acceptors (Lipinski definition) is 17. The Bertz CT molecular complexity index is 3170. The Kier molecular flexibility index (Phi) is 89.7. The summed E-state index contributed by atoms with van der Waals surface area (Å²) in [5.41, 5.74) is 0.766. The quantitative estimate of drug-likeness (QED) is 0.0192. The van der Waals surface area contributed by atoms with Crippen molar-refractivity contribution in [1.82, 2.24) is 0 Å². The van der Waals surface area contributed by atoms with Crippen molar-refractivity contribution in [2.24, 2.45) is 53.3 Å². The Hall–Kier alpha value is -3.71. The van der Waals surface area contributed by atoms with Crippen LogP contribution >= 0.6 is 0 Å². The summed E-state index contributed by atoms with van der Waals surface area (Å²) >= 11 is 0. The van der Waals surface area contributed by atoms with Crippen molar-refractivity contribution in [2.45, 2.75) is 699 Å². The van der Waals surface area contributed by atoms with Crippen molar-refractivity contribution in [3.05, 3.63) is 34.9 Å². The summed E-state index contributed by atoms with van der Waals surface area (Å²) in [6.07, 6.45) is 83.6. The second kappa shape index (κ2) is 94.6. The Labute approximate surface area is 907 Å². The van der Waals surface area contributed by atoms with Crippen LogP contribution in [0.25, 0.3) is 0 Å². The average molecular weight is 2080 g/mol. The lowest BCUT2D eigenvalue weighted by atomic mass is 9.85. The van der Waals surface area contributed by atoms with Crippen LogP contribution in [0.4, 0.5) is 0 Å². The van der Waals surface area contributed by atoms with Gasteiger partial charge in [0.05, 0.1) is 18.6 Å². The van der Waals surface area contributed by atoms with E-state index >= 15 is 9.59 Å². The number of esters is 5. The highest BCUT2D eigenvalue weighted by molar-refractivity contribution is 5.89. The van der Waals surface area contributed by atoms with Crippen LogP contribution in [0.2, 0.25) is 0 Å². The zero-order valence-corrected chi connectivity index (χ0v) is 99.4. The van der Waals surface area contributed by atoms with Crippen molar-refractivity contribution in [3.8, 4) is 0 Å². The standard InChI is InChI=1S/C130H242O17/c1-18-23-28-33-38-43-48-53-57-58-63-67-72-77-82-87-92-106(9)97-110(13)118(133)114(17)128(139)140-102-116-119(134)122(145-126(137)112(15)99-108(11)95-104(7)90-85-80-75-70-65-61-55-50-45-40-35-30-25-20-3)124(143-117(132)93-88-83-78-73-68-59-52-47-42-37-32-27-22-5)130(142-116)147-129-123(146-127(138)113(16)100-109(12)96-105(8)91-86-81-76-71-66-62-56-51-46-41-36-31-26-21-4)120(135)121(115(101-131)141-129)144-125(136)111(14)98-107(10)94-103(6)89-84-79-74-69-64-60-54-49-44-39-34-29-24-19-2/h98-100,103-110,114-116,118-124,129-131,133-135H,18-97,101-102H2,1-17H3/b111-98+,112-99+,113-100+/t103-,104-,105-,106-,107-,108-,109-,110-,114-,115?,116?,118-,119+,120?,121+,122?,123-,124+,129+,130+/m0/s1. The van der Waals surface area contributed by atoms with Crippen LogP contribution in [0.3, 0.4) is 0 Å². The first-order chi connectivity index (χ1) is 71.2. The third kappa shape index (κ3) is 72.7. The van der Waals surface area contributed by atoms with Gasteiger partial charge in [-0.05, 0) is 107 Å². The summed E-state index contributed by atoms with van der Waals surface area (Å²) in [6.45, 7) is 33.6. The molecule has 17 nitrogen and oxygen atoms in total. The third-order valence-corrected chi connectivity index (χ3v) is 32.4. The molecule has 2 aliphatic heterocycles. The summed E-state index contributed by atoms with van der Waals surface area (Å²) < 4.78 is 52.1. The monoisotopic (exact) mass is 2080 g/mol. The molecule has 0 aliphatic carbocycles. The average Bonchev–Trinajstić information content (AvgIpc) is 0.766. The second-order valence-electron chi connectivity index (χ2n) is 47.9. The van der Waals surface area contributed by atoms with E-state index in [9.17, 15) is 34.8 Å². The fourth-order valence-electron chi connectivity index (χ4n) is 23.0. The summed E-state index contributed by atoms with van der Waals surface area (Å²) in [7, 11) is 0. The lowest BCUT2D eigenvalue weighted by Crippen LogP contribution is -2.66. The van der Waals surface area contributed by atoms with Crippen LogP contribution < -0.4 is 0 Å². The van der Waals surface area contributed by atoms with E-state index in [2.05, 4.69) is 83.1 Å². The fourth-order valence-corrected chi connectivity index (χ4v) is 23.0. The minimum atomic E-state index is -1.94. The first kappa shape index (κ1) is 139. The molecule has 0 saturated carbocycles. The van der Waals surface area contributed by atoms with Gasteiger partial charge in [0.2, 0.25) is 12.6 Å². The molecule has 4 N–H and O–H groups in total. The van der Waals surface area contributed by atoms with Gasteiger partial charge in [-0.25, -0.2) is 14.4 Å². The van der Waals surface area contributed by atoms with Gasteiger partial charge in [-0.3, -0.25) is 9.59 Å². The molecule has 2 heterocycles. The van der Waals surface area contributed by atoms with Gasteiger partial charge in [-0.15, -0.1) is 0 Å². The van der Waals surface area contributed by atoms with E-state index in [0.29, 0.717) is 36.5 Å². The summed E-state index contributed by atoms with van der Waals surface area (Å²) in [6, 6.07) is 0. The predicted molar refractivity (Wildman–Crippen MR) is 615 cm³/mol. The van der Waals surface area contributed by atoms with Crippen LogP contribution in [0, 0.1) is 53.3 Å². The largest absolute Gasteiger partial charge is 0.463 e. The molecule has 2 saturated heterocycles. The smallest absolute Gasteiger partial charge is 0.333 e. The number of rotatable bonds is 102. The van der Waals surface area contributed by atoms with E-state index < -0.39 is 116 Å². The molecule has 0 radical (unpaired) electrons. The molecular weight excluding hydrogens is 1830 g/mol. The molecule has 0 aromatic carbocycles. The van der Waals surface area contributed by atoms with Gasteiger partial charge in [0.25, 0.3) is 0 Å². The highest BCUT2D eigenvalue weighted by Crippen LogP contribution is 2.38. The highest BCUT2D eigenvalue weighted by atomic mass is 16.8. The Morgan fingerprint density at radius 3 is 0.803 bits per heavy atom. The molecule has 0 spiro atoms. The van der Waals surface area contributed by atoms with Crippen LogP contribution in [0.5, 0.6) is 0 Å². The van der Waals surface area contributed by atoms with Crippen molar-refractivity contribution < 1.29 is 82.3 Å². The van der Waals surface area contributed by atoms with Gasteiger partial charge in [-0.1, -0.05) is 583 Å². The number of hydrogen-bond donors (Lipinski definition) is 4. The molecule has 0 aromatic rings. The molecule has 2 aliphatic rings. The lowest BCUT2D eigenvalue weighted by Gasteiger charge is -2.47. The topological polar surface area (TPSA) is 240 Å². The molecule has 17 heteroatoms. The van der Waals surface area contributed by atoms with Crippen molar-refractivity contribution >= 4 is 29.8 Å². The highest BCUT2D eigenvalue weighted by Gasteiger charge is 2.56. The van der Waals surface area contributed by atoms with Crippen molar-refractivity contribution in [2.75, 3.05) is 13.2 Å². The van der Waals surface area contributed by atoms with E-state index in [-0.39, 0.29) is 46.8 Å². The predicted octanol–water partition coefficient (Wildman–Crippen LogP) is 36.6. The zero-order valence-electron chi connectivity index (χ0n) is 99.4. The lowest BCUT2D eigenvalue weighted by molar-refractivity contribution is -0.377. The van der Waals surface area contributed by atoms with Gasteiger partial charge in [0.15, 0.2) is 24.4 Å². The molecule has 147 heavy (non-hydrogen) atoms. The molecule has 0 amide bonds. The fraction of sp³-hybridized carbons (Fsp3) is 0.915. The third-order valence-electron chi connectivity index (χ3n) is 32.4. The summed E-state index contributed by atoms with van der Waals surface area (Å²) in [4.78, 5) is 74.2. The molecule has 864 valence electrons. The number of carbonyl (C=O) groups is 5. The first-order valence-corrected chi connectivity index (χ1v) is 63.8. The Morgan fingerprint density at radius 2 is 0.524 bits per heavy atom. The molecule has 4 unspecified atom stereocenters. The van der Waals surface area contributed by atoms with Gasteiger partial charge < -0.3 is 58.3 Å². The van der Waals surface area contributed by atoms with Crippen LogP contribution in [-0.2, 0) is 61.9 Å². The minimum Gasteiger partial charge on any atom is -0.463 e. The van der Waals surface area contributed by atoms with E-state index in [4.69, 9.17) is 37.9 Å². The van der Waals surface area contributed by atoms with E-state index in [1.54, 1.807) is 27.7 Å². The first-order valence-electron chi connectivity index (χ1n) is 63.8. The minimum absolute atomic E-state index is 0.0107. The van der Waals surface area contributed by atoms with Gasteiger partial charge in [0.1, 0.15) is 31.0 Å². The van der Waals surface area contributed by atoms with Gasteiger partial charge in [0, 0.05) is 23.1 Å². The molecule has 2 rings (SSSR count).